The topological polar surface area (TPSA) is 87.7 Å². The van der Waals surface area contributed by atoms with Gasteiger partial charge in [0.25, 0.3) is 16.0 Å². The monoisotopic (exact) mass is 286 g/mol. The molecule has 0 spiro atoms. The lowest BCUT2D eigenvalue weighted by atomic mass is 10.2. The molecule has 0 fully saturated rings. The first-order valence-corrected chi connectivity index (χ1v) is 6.93. The number of anilines is 1. The lowest BCUT2D eigenvalue weighted by Crippen LogP contribution is -2.15. The van der Waals surface area contributed by atoms with E-state index >= 15 is 0 Å². The third-order valence-electron chi connectivity index (χ3n) is 2.33. The molecule has 0 atom stereocenters. The van der Waals surface area contributed by atoms with Crippen molar-refractivity contribution >= 4 is 27.6 Å². The minimum atomic E-state index is -3.73. The van der Waals surface area contributed by atoms with Gasteiger partial charge in [-0.25, -0.2) is 13.1 Å². The molecule has 0 bridgehead atoms. The Labute approximate surface area is 109 Å². The minimum Gasteiger partial charge on any atom is -0.261 e. The average Bonchev–Trinajstić information content (AvgIpc) is 2.67. The fourth-order valence-corrected chi connectivity index (χ4v) is 2.89. The van der Waals surface area contributed by atoms with Gasteiger partial charge in [-0.15, -0.1) is 5.10 Å². The molecule has 0 aliphatic carbocycles. The standard InChI is InChI=1S/C10H11ClN4O2S/c1-6-8(11)4-3-5-9(6)18(16,17)15-10-12-7(2)13-14-10/h3-5H,1-2H3,(H2,12,13,14,15). The number of nitrogens with one attached hydrogen (secondary N) is 2. The zero-order valence-electron chi connectivity index (χ0n) is 9.73. The van der Waals surface area contributed by atoms with Crippen LogP contribution in [0.3, 0.4) is 0 Å². The second-order valence-electron chi connectivity index (χ2n) is 3.71. The molecule has 0 aliphatic rings. The number of hydrogen-bond donors (Lipinski definition) is 2. The SMILES string of the molecule is Cc1nc(NS(=O)(=O)c2cccc(Cl)c2C)n[nH]1. The van der Waals surface area contributed by atoms with Crippen molar-refractivity contribution in [1.82, 2.24) is 15.2 Å². The second-order valence-corrected chi connectivity index (χ2v) is 5.77. The quantitative estimate of drug-likeness (QED) is 0.902. The summed E-state index contributed by atoms with van der Waals surface area (Å²) in [6.45, 7) is 3.32. The number of H-pyrrole nitrogens is 1. The molecule has 6 nitrogen and oxygen atoms in total. The number of nitrogens with zero attached hydrogens (tertiary/aromatic N) is 2. The molecule has 2 aromatic rings. The molecule has 18 heavy (non-hydrogen) atoms. The van der Waals surface area contributed by atoms with Crippen molar-refractivity contribution in [2.45, 2.75) is 18.7 Å². The Morgan fingerprint density at radius 1 is 1.33 bits per heavy atom. The summed E-state index contributed by atoms with van der Waals surface area (Å²) in [5, 5.41) is 6.67. The van der Waals surface area contributed by atoms with Crippen LogP contribution < -0.4 is 4.72 Å². The molecule has 0 radical (unpaired) electrons. The van der Waals surface area contributed by atoms with Crippen LogP contribution in [0.15, 0.2) is 23.1 Å². The van der Waals surface area contributed by atoms with Crippen molar-refractivity contribution in [3.05, 3.63) is 34.6 Å². The molecule has 96 valence electrons. The molecule has 2 rings (SSSR count). The van der Waals surface area contributed by atoms with Crippen molar-refractivity contribution in [2.24, 2.45) is 0 Å². The normalized spacial score (nSPS) is 11.5. The lowest BCUT2D eigenvalue weighted by molar-refractivity contribution is 0.600. The van der Waals surface area contributed by atoms with Crippen LogP contribution in [-0.2, 0) is 10.0 Å². The number of halogens is 1. The van der Waals surface area contributed by atoms with E-state index in [0.29, 0.717) is 16.4 Å². The molecule has 1 aromatic carbocycles. The van der Waals surface area contributed by atoms with Crippen molar-refractivity contribution < 1.29 is 8.42 Å². The molecule has 1 aromatic heterocycles. The number of aryl methyl sites for hydroxylation is 1. The van der Waals surface area contributed by atoms with E-state index in [1.807, 2.05) is 0 Å². The van der Waals surface area contributed by atoms with Gasteiger partial charge in [0, 0.05) is 5.02 Å². The largest absolute Gasteiger partial charge is 0.264 e. The first kappa shape index (κ1) is 12.8. The molecular weight excluding hydrogens is 276 g/mol. The Morgan fingerprint density at radius 2 is 2.06 bits per heavy atom. The summed E-state index contributed by atoms with van der Waals surface area (Å²) in [4.78, 5) is 3.99. The van der Waals surface area contributed by atoms with Crippen molar-refractivity contribution in [2.75, 3.05) is 4.72 Å². The van der Waals surface area contributed by atoms with E-state index in [2.05, 4.69) is 19.9 Å². The molecule has 0 amide bonds. The molecule has 1 heterocycles. The maximum atomic E-state index is 12.1. The van der Waals surface area contributed by atoms with Crippen LogP contribution in [-0.4, -0.2) is 23.6 Å². The van der Waals surface area contributed by atoms with Gasteiger partial charge in [0.2, 0.25) is 0 Å². The van der Waals surface area contributed by atoms with Crippen LogP contribution in [0.2, 0.25) is 5.02 Å². The lowest BCUT2D eigenvalue weighted by Gasteiger charge is -2.08. The summed E-state index contributed by atoms with van der Waals surface area (Å²) >= 11 is 5.90. The van der Waals surface area contributed by atoms with Crippen LogP contribution in [0.4, 0.5) is 5.95 Å². The van der Waals surface area contributed by atoms with Crippen molar-refractivity contribution in [3.63, 3.8) is 0 Å². The fraction of sp³-hybridized carbons (Fsp3) is 0.200. The van der Waals surface area contributed by atoms with E-state index in [9.17, 15) is 8.42 Å². The van der Waals surface area contributed by atoms with E-state index in [1.54, 1.807) is 26.0 Å². The van der Waals surface area contributed by atoms with E-state index in [-0.39, 0.29) is 10.8 Å². The van der Waals surface area contributed by atoms with Crippen LogP contribution in [0.1, 0.15) is 11.4 Å². The second kappa shape index (κ2) is 4.58. The van der Waals surface area contributed by atoms with Gasteiger partial charge >= 0.3 is 0 Å². The Kier molecular flexibility index (Phi) is 3.27. The van der Waals surface area contributed by atoms with Crippen molar-refractivity contribution in [1.29, 1.82) is 0 Å². The molecule has 0 saturated carbocycles. The zero-order valence-corrected chi connectivity index (χ0v) is 11.3. The predicted octanol–water partition coefficient (Wildman–Crippen LogP) is 1.88. The minimum absolute atomic E-state index is 0.00637. The van der Waals surface area contributed by atoms with E-state index < -0.39 is 10.0 Å². The van der Waals surface area contributed by atoms with Crippen molar-refractivity contribution in [3.8, 4) is 0 Å². The average molecular weight is 287 g/mol. The summed E-state index contributed by atoms with van der Waals surface area (Å²) in [5.41, 5.74) is 0.485. The summed E-state index contributed by atoms with van der Waals surface area (Å²) < 4.78 is 26.5. The summed E-state index contributed by atoms with van der Waals surface area (Å²) in [5.74, 6) is 0.530. The molecule has 0 aliphatic heterocycles. The predicted molar refractivity (Wildman–Crippen MR) is 68.1 cm³/mol. The Hall–Kier alpha value is -1.60. The van der Waals surface area contributed by atoms with Gasteiger partial charge in [0.05, 0.1) is 4.90 Å². The fourth-order valence-electron chi connectivity index (χ4n) is 1.44. The highest BCUT2D eigenvalue weighted by Crippen LogP contribution is 2.23. The molecule has 8 heteroatoms. The third kappa shape index (κ3) is 2.46. The van der Waals surface area contributed by atoms with Crippen LogP contribution in [0.5, 0.6) is 0 Å². The number of rotatable bonds is 3. The highest BCUT2D eigenvalue weighted by Gasteiger charge is 2.19. The molecule has 2 N–H and O–H groups in total. The molecule has 0 saturated heterocycles. The van der Waals surface area contributed by atoms with E-state index in [1.165, 1.54) is 6.07 Å². The van der Waals surface area contributed by atoms with E-state index in [0.717, 1.165) is 0 Å². The van der Waals surface area contributed by atoms with Gasteiger partial charge in [0.15, 0.2) is 0 Å². The highest BCUT2D eigenvalue weighted by atomic mass is 35.5. The molecular formula is C10H11ClN4O2S. The Bertz CT molecular complexity index is 681. The van der Waals surface area contributed by atoms with Gasteiger partial charge in [0.1, 0.15) is 5.82 Å². The number of sulfonamides is 1. The number of hydrogen-bond acceptors (Lipinski definition) is 4. The Balaban J connectivity index is 2.40. The van der Waals surface area contributed by atoms with Crippen LogP contribution in [0, 0.1) is 13.8 Å². The van der Waals surface area contributed by atoms with Crippen LogP contribution in [0.25, 0.3) is 0 Å². The van der Waals surface area contributed by atoms with Crippen LogP contribution >= 0.6 is 11.6 Å². The maximum Gasteiger partial charge on any atom is 0.264 e. The van der Waals surface area contributed by atoms with Gasteiger partial charge in [-0.2, -0.15) is 4.98 Å². The molecule has 0 unspecified atom stereocenters. The Morgan fingerprint density at radius 3 is 2.67 bits per heavy atom. The number of aromatic nitrogens is 3. The summed E-state index contributed by atoms with van der Waals surface area (Å²) in [6.07, 6.45) is 0. The first-order valence-electron chi connectivity index (χ1n) is 5.07. The summed E-state index contributed by atoms with van der Waals surface area (Å²) in [6, 6.07) is 4.68. The first-order chi connectivity index (χ1) is 8.40. The van der Waals surface area contributed by atoms with Gasteiger partial charge in [-0.3, -0.25) is 5.10 Å². The van der Waals surface area contributed by atoms with E-state index in [4.69, 9.17) is 11.6 Å². The highest BCUT2D eigenvalue weighted by molar-refractivity contribution is 7.92. The maximum absolute atomic E-state index is 12.1. The van der Waals surface area contributed by atoms with Gasteiger partial charge < -0.3 is 0 Å². The third-order valence-corrected chi connectivity index (χ3v) is 4.21. The van der Waals surface area contributed by atoms with Gasteiger partial charge in [-0.1, -0.05) is 17.7 Å². The number of aromatic amines is 1. The number of benzene rings is 1. The van der Waals surface area contributed by atoms with Gasteiger partial charge in [-0.05, 0) is 31.5 Å². The zero-order chi connectivity index (χ0) is 13.3. The smallest absolute Gasteiger partial charge is 0.261 e. The summed E-state index contributed by atoms with van der Waals surface area (Å²) in [7, 11) is -3.73.